The van der Waals surface area contributed by atoms with Gasteiger partial charge in [-0.15, -0.1) is 0 Å². The molecule has 10 heteroatoms. The van der Waals surface area contributed by atoms with E-state index < -0.39 is 35.7 Å². The molecule has 1 aliphatic heterocycles. The van der Waals surface area contributed by atoms with Crippen LogP contribution in [0.4, 0.5) is 29.3 Å². The number of nitrogens with zero attached hydrogens (tertiary/aromatic N) is 1. The molecule has 1 aliphatic rings. The number of methoxy groups -OCH3 is 1. The van der Waals surface area contributed by atoms with Crippen LogP contribution in [0.5, 0.6) is 0 Å². The van der Waals surface area contributed by atoms with Crippen molar-refractivity contribution in [3.63, 3.8) is 0 Å². The molecule has 3 aromatic carbocycles. The number of aryl methyl sites for hydroxylation is 2. The van der Waals surface area contributed by atoms with Crippen molar-refractivity contribution in [2.24, 2.45) is 5.92 Å². The van der Waals surface area contributed by atoms with Crippen LogP contribution in [0.25, 0.3) is 11.1 Å². The lowest BCUT2D eigenvalue weighted by atomic mass is 9.95. The van der Waals surface area contributed by atoms with Crippen LogP contribution in [0.2, 0.25) is 0 Å². The SMILES string of the molecule is COC(=O)[C@H](C(C)C)N1Cc2ccc(-c3ccc(NC(=O)Nc4ccc(C)c(C)c4)cc3C(F)(F)F)cc2C1=O. The number of benzene rings is 3. The quantitative estimate of drug-likeness (QED) is 0.329. The number of nitrogens with one attached hydrogen (secondary N) is 2. The lowest BCUT2D eigenvalue weighted by Crippen LogP contribution is -2.45. The third kappa shape index (κ3) is 5.80. The fourth-order valence-corrected chi connectivity index (χ4v) is 4.82. The minimum Gasteiger partial charge on any atom is -0.467 e. The number of anilines is 2. The average molecular weight is 554 g/mol. The number of fused-ring (bicyclic) bond motifs is 1. The Morgan fingerprint density at radius 1 is 0.900 bits per heavy atom. The van der Waals surface area contributed by atoms with Gasteiger partial charge in [0, 0.05) is 23.5 Å². The van der Waals surface area contributed by atoms with E-state index in [1.807, 2.05) is 19.9 Å². The van der Waals surface area contributed by atoms with Gasteiger partial charge in [-0.25, -0.2) is 9.59 Å². The Balaban J connectivity index is 1.62. The van der Waals surface area contributed by atoms with E-state index in [0.717, 1.165) is 17.2 Å². The number of alkyl halides is 3. The Morgan fingerprint density at radius 3 is 2.15 bits per heavy atom. The van der Waals surface area contributed by atoms with Gasteiger partial charge in [-0.05, 0) is 77.9 Å². The van der Waals surface area contributed by atoms with Crippen molar-refractivity contribution in [1.82, 2.24) is 4.90 Å². The van der Waals surface area contributed by atoms with Gasteiger partial charge in [0.25, 0.3) is 5.91 Å². The molecular formula is C30H30F3N3O4. The van der Waals surface area contributed by atoms with Crippen molar-refractivity contribution in [3.05, 3.63) is 82.4 Å². The summed E-state index contributed by atoms with van der Waals surface area (Å²) in [4.78, 5) is 39.4. The van der Waals surface area contributed by atoms with E-state index in [0.29, 0.717) is 11.3 Å². The van der Waals surface area contributed by atoms with E-state index in [1.165, 1.54) is 36.3 Å². The van der Waals surface area contributed by atoms with Crippen molar-refractivity contribution < 1.29 is 32.3 Å². The highest BCUT2D eigenvalue weighted by Gasteiger charge is 2.39. The molecule has 3 amide bonds. The monoisotopic (exact) mass is 553 g/mol. The molecule has 2 N–H and O–H groups in total. The molecule has 0 aliphatic carbocycles. The van der Waals surface area contributed by atoms with Crippen LogP contribution in [-0.2, 0) is 22.3 Å². The standard InChI is InChI=1S/C30H30F3N3O4/c1-16(2)26(28(38)40-5)36-15-20-8-7-19(13-24(20)27(36)37)23-11-10-22(14-25(23)30(31,32)33)35-29(39)34-21-9-6-17(3)18(4)12-21/h6-14,16,26H,15H2,1-5H3,(H2,34,35,39)/t26-/m0/s1. The molecule has 3 aromatic rings. The van der Waals surface area contributed by atoms with Crippen LogP contribution in [0.15, 0.2) is 54.6 Å². The number of urea groups is 1. The summed E-state index contributed by atoms with van der Waals surface area (Å²) in [5.41, 5.74) is 2.39. The topological polar surface area (TPSA) is 87.7 Å². The maximum Gasteiger partial charge on any atom is 0.417 e. The Morgan fingerprint density at radius 2 is 1.55 bits per heavy atom. The molecule has 0 saturated heterocycles. The molecule has 210 valence electrons. The summed E-state index contributed by atoms with van der Waals surface area (Å²) in [5, 5.41) is 5.08. The van der Waals surface area contributed by atoms with E-state index >= 15 is 0 Å². The first-order chi connectivity index (χ1) is 18.8. The Hall–Kier alpha value is -4.34. The average Bonchev–Trinajstić information content (AvgIpc) is 3.20. The molecule has 1 atom stereocenters. The third-order valence-corrected chi connectivity index (χ3v) is 7.01. The predicted molar refractivity (Wildman–Crippen MR) is 146 cm³/mol. The summed E-state index contributed by atoms with van der Waals surface area (Å²) in [5.74, 6) is -1.23. The number of rotatable bonds is 6. The number of carbonyl (C=O) groups excluding carboxylic acids is 3. The Bertz CT molecular complexity index is 1480. The minimum absolute atomic E-state index is 0.0429. The van der Waals surface area contributed by atoms with Gasteiger partial charge >= 0.3 is 18.2 Å². The smallest absolute Gasteiger partial charge is 0.417 e. The van der Waals surface area contributed by atoms with Crippen molar-refractivity contribution in [3.8, 4) is 11.1 Å². The molecule has 0 unspecified atom stereocenters. The first-order valence-electron chi connectivity index (χ1n) is 12.7. The zero-order chi connectivity index (χ0) is 29.4. The highest BCUT2D eigenvalue weighted by molar-refractivity contribution is 6.02. The molecule has 0 radical (unpaired) electrons. The number of hydrogen-bond acceptors (Lipinski definition) is 4. The van der Waals surface area contributed by atoms with Crippen LogP contribution in [0.3, 0.4) is 0 Å². The predicted octanol–water partition coefficient (Wildman–Crippen LogP) is 6.79. The number of hydrogen-bond donors (Lipinski definition) is 2. The molecule has 0 bridgehead atoms. The minimum atomic E-state index is -4.74. The first kappa shape index (κ1) is 28.7. The second-order valence-corrected chi connectivity index (χ2v) is 10.2. The fraction of sp³-hybridized carbons (Fsp3) is 0.300. The Kier molecular flexibility index (Phi) is 7.91. The van der Waals surface area contributed by atoms with Crippen LogP contribution in [0.1, 0.15) is 46.5 Å². The van der Waals surface area contributed by atoms with E-state index in [9.17, 15) is 27.6 Å². The first-order valence-corrected chi connectivity index (χ1v) is 12.7. The summed E-state index contributed by atoms with van der Waals surface area (Å²) in [6.45, 7) is 7.54. The van der Waals surface area contributed by atoms with Gasteiger partial charge in [-0.1, -0.05) is 38.1 Å². The van der Waals surface area contributed by atoms with Crippen molar-refractivity contribution in [2.75, 3.05) is 17.7 Å². The van der Waals surface area contributed by atoms with Crippen molar-refractivity contribution >= 4 is 29.3 Å². The van der Waals surface area contributed by atoms with Crippen LogP contribution in [0, 0.1) is 19.8 Å². The van der Waals surface area contributed by atoms with E-state index in [4.69, 9.17) is 4.74 Å². The summed E-state index contributed by atoms with van der Waals surface area (Å²) < 4.78 is 47.4. The molecule has 1 heterocycles. The van der Waals surface area contributed by atoms with Gasteiger partial charge in [-0.3, -0.25) is 4.79 Å². The number of ether oxygens (including phenoxy) is 1. The van der Waals surface area contributed by atoms with Crippen LogP contribution < -0.4 is 10.6 Å². The van der Waals surface area contributed by atoms with Crippen LogP contribution in [-0.4, -0.2) is 36.0 Å². The van der Waals surface area contributed by atoms with Crippen LogP contribution >= 0.6 is 0 Å². The number of carbonyl (C=O) groups is 3. The molecule has 0 fully saturated rings. The van der Waals surface area contributed by atoms with Gasteiger partial charge in [0.1, 0.15) is 6.04 Å². The van der Waals surface area contributed by atoms with E-state index in [1.54, 1.807) is 32.0 Å². The van der Waals surface area contributed by atoms with Gasteiger partial charge in [-0.2, -0.15) is 13.2 Å². The molecule has 0 saturated carbocycles. The van der Waals surface area contributed by atoms with Crippen molar-refractivity contribution in [2.45, 2.75) is 46.5 Å². The maximum atomic E-state index is 14.2. The normalized spacial score (nSPS) is 13.7. The highest BCUT2D eigenvalue weighted by atomic mass is 19.4. The van der Waals surface area contributed by atoms with E-state index in [2.05, 4.69) is 10.6 Å². The summed E-state index contributed by atoms with van der Waals surface area (Å²) in [6, 6.07) is 11.8. The summed E-state index contributed by atoms with van der Waals surface area (Å²) >= 11 is 0. The fourth-order valence-electron chi connectivity index (χ4n) is 4.82. The lowest BCUT2D eigenvalue weighted by molar-refractivity contribution is -0.147. The lowest BCUT2D eigenvalue weighted by Gasteiger charge is -2.28. The number of halogens is 3. The number of esters is 1. The summed E-state index contributed by atoms with van der Waals surface area (Å²) in [7, 11) is 1.24. The van der Waals surface area contributed by atoms with Gasteiger partial charge in [0.15, 0.2) is 0 Å². The second-order valence-electron chi connectivity index (χ2n) is 10.2. The van der Waals surface area contributed by atoms with Gasteiger partial charge < -0.3 is 20.3 Å². The van der Waals surface area contributed by atoms with E-state index in [-0.39, 0.29) is 34.8 Å². The second kappa shape index (κ2) is 11.0. The van der Waals surface area contributed by atoms with Crippen molar-refractivity contribution in [1.29, 1.82) is 0 Å². The largest absolute Gasteiger partial charge is 0.467 e. The molecule has 0 spiro atoms. The highest BCUT2D eigenvalue weighted by Crippen LogP contribution is 2.40. The van der Waals surface area contributed by atoms with Gasteiger partial charge in [0.2, 0.25) is 0 Å². The molecular weight excluding hydrogens is 523 g/mol. The molecule has 4 rings (SSSR count). The summed E-state index contributed by atoms with van der Waals surface area (Å²) in [6.07, 6.45) is -4.74. The molecule has 0 aromatic heterocycles. The zero-order valence-corrected chi connectivity index (χ0v) is 22.8. The molecule has 40 heavy (non-hydrogen) atoms. The maximum absolute atomic E-state index is 14.2. The number of amides is 3. The zero-order valence-electron chi connectivity index (χ0n) is 22.8. The third-order valence-electron chi connectivity index (χ3n) is 7.01. The van der Waals surface area contributed by atoms with Gasteiger partial charge in [0.05, 0.1) is 12.7 Å². The molecule has 7 nitrogen and oxygen atoms in total. The Labute approximate surface area is 230 Å².